The molecule has 43 heavy (non-hydrogen) atoms. The standard InChI is InChI=1S/C32H40ClN3O6S/c1-7-23(4)34-32(38)28(8-2)35(20-24-10-9-11-26(18-24)41-5)31(37)21-36(29-19-25(33)14-17-30(29)42-6)43(39,40)27-15-12-22(3)13-16-27/h9-19,23,28H,7-8,20-21H2,1-6H3,(H,34,38). The maximum absolute atomic E-state index is 14.3. The first kappa shape index (κ1) is 33.7. The molecule has 0 spiro atoms. The van der Waals surface area contributed by atoms with Gasteiger partial charge in [-0.1, -0.05) is 55.3 Å². The topological polar surface area (TPSA) is 105 Å². The van der Waals surface area contributed by atoms with E-state index in [1.54, 1.807) is 49.6 Å². The molecule has 9 nitrogen and oxygen atoms in total. The highest BCUT2D eigenvalue weighted by atomic mass is 35.5. The molecule has 2 atom stereocenters. The van der Waals surface area contributed by atoms with Crippen LogP contribution in [-0.2, 0) is 26.2 Å². The Morgan fingerprint density at radius 3 is 2.26 bits per heavy atom. The molecule has 0 aliphatic rings. The van der Waals surface area contributed by atoms with Crippen LogP contribution in [0.4, 0.5) is 5.69 Å². The average molecular weight is 630 g/mol. The third kappa shape index (κ3) is 8.42. The van der Waals surface area contributed by atoms with Gasteiger partial charge in [0, 0.05) is 17.6 Å². The smallest absolute Gasteiger partial charge is 0.264 e. The minimum Gasteiger partial charge on any atom is -0.497 e. The van der Waals surface area contributed by atoms with E-state index in [4.69, 9.17) is 21.1 Å². The van der Waals surface area contributed by atoms with Crippen LogP contribution < -0.4 is 19.1 Å². The molecule has 2 amide bonds. The number of benzene rings is 3. The molecule has 3 aromatic rings. The summed E-state index contributed by atoms with van der Waals surface area (Å²) in [5, 5.41) is 3.23. The summed E-state index contributed by atoms with van der Waals surface area (Å²) in [6.45, 7) is 6.95. The van der Waals surface area contributed by atoms with Crippen molar-refractivity contribution in [1.82, 2.24) is 10.2 Å². The molecule has 0 bridgehead atoms. The molecule has 11 heteroatoms. The van der Waals surface area contributed by atoms with Crippen molar-refractivity contribution in [1.29, 1.82) is 0 Å². The van der Waals surface area contributed by atoms with E-state index in [-0.39, 0.29) is 39.8 Å². The Balaban J connectivity index is 2.14. The normalized spacial score (nSPS) is 12.6. The number of carbonyl (C=O) groups excluding carboxylic acids is 2. The Morgan fingerprint density at radius 1 is 0.953 bits per heavy atom. The van der Waals surface area contributed by atoms with Gasteiger partial charge in [-0.25, -0.2) is 8.42 Å². The summed E-state index contributed by atoms with van der Waals surface area (Å²) in [5.74, 6) is -0.0870. The first-order chi connectivity index (χ1) is 20.4. The van der Waals surface area contributed by atoms with Crippen LogP contribution in [0.5, 0.6) is 11.5 Å². The lowest BCUT2D eigenvalue weighted by Gasteiger charge is -2.34. The van der Waals surface area contributed by atoms with Gasteiger partial charge in [0.2, 0.25) is 11.8 Å². The molecular weight excluding hydrogens is 590 g/mol. The molecule has 0 radical (unpaired) electrons. The van der Waals surface area contributed by atoms with Crippen LogP contribution >= 0.6 is 11.6 Å². The van der Waals surface area contributed by atoms with Crippen LogP contribution in [0.15, 0.2) is 71.6 Å². The number of hydrogen-bond donors (Lipinski definition) is 1. The fraction of sp³-hybridized carbons (Fsp3) is 0.375. The van der Waals surface area contributed by atoms with Gasteiger partial charge >= 0.3 is 0 Å². The second-order valence-corrected chi connectivity index (χ2v) is 12.6. The molecule has 3 rings (SSSR count). The van der Waals surface area contributed by atoms with Crippen molar-refractivity contribution in [3.8, 4) is 11.5 Å². The average Bonchev–Trinajstić information content (AvgIpc) is 2.99. The molecule has 0 saturated carbocycles. The fourth-order valence-corrected chi connectivity index (χ4v) is 6.12. The lowest BCUT2D eigenvalue weighted by Crippen LogP contribution is -2.53. The van der Waals surface area contributed by atoms with Crippen molar-refractivity contribution in [2.75, 3.05) is 25.1 Å². The van der Waals surface area contributed by atoms with Crippen LogP contribution in [0.2, 0.25) is 5.02 Å². The molecule has 0 aliphatic carbocycles. The van der Waals surface area contributed by atoms with E-state index in [1.165, 1.54) is 30.2 Å². The highest BCUT2D eigenvalue weighted by molar-refractivity contribution is 7.92. The molecule has 0 fully saturated rings. The minimum absolute atomic E-state index is 0.00571. The van der Waals surface area contributed by atoms with E-state index in [9.17, 15) is 18.0 Å². The molecule has 1 N–H and O–H groups in total. The number of carbonyl (C=O) groups is 2. The molecular formula is C32H40ClN3O6S. The van der Waals surface area contributed by atoms with E-state index in [1.807, 2.05) is 33.8 Å². The Labute approximate surface area is 259 Å². The molecule has 0 aromatic heterocycles. The van der Waals surface area contributed by atoms with Gasteiger partial charge in [-0.3, -0.25) is 13.9 Å². The van der Waals surface area contributed by atoms with Crippen LogP contribution in [0.25, 0.3) is 0 Å². The van der Waals surface area contributed by atoms with Gasteiger partial charge in [-0.15, -0.1) is 0 Å². The Morgan fingerprint density at radius 2 is 1.65 bits per heavy atom. The highest BCUT2D eigenvalue weighted by Crippen LogP contribution is 2.35. The number of hydrogen-bond acceptors (Lipinski definition) is 6. The molecule has 0 aliphatic heterocycles. The van der Waals surface area contributed by atoms with E-state index in [0.717, 1.165) is 15.4 Å². The number of sulfonamides is 1. The first-order valence-corrected chi connectivity index (χ1v) is 15.9. The summed E-state index contributed by atoms with van der Waals surface area (Å²) in [5.41, 5.74) is 1.70. The fourth-order valence-electron chi connectivity index (χ4n) is 4.54. The summed E-state index contributed by atoms with van der Waals surface area (Å²) in [6.07, 6.45) is 1.02. The van der Waals surface area contributed by atoms with Gasteiger partial charge in [0.25, 0.3) is 10.0 Å². The predicted molar refractivity (Wildman–Crippen MR) is 169 cm³/mol. The summed E-state index contributed by atoms with van der Waals surface area (Å²) >= 11 is 6.31. The Hall–Kier alpha value is -3.76. The monoisotopic (exact) mass is 629 g/mol. The van der Waals surface area contributed by atoms with Crippen LogP contribution in [0.1, 0.15) is 44.7 Å². The number of aryl methyl sites for hydroxylation is 1. The van der Waals surface area contributed by atoms with Gasteiger partial charge in [-0.05, 0) is 74.7 Å². The minimum atomic E-state index is -4.28. The Kier molecular flexibility index (Phi) is 11.9. The number of nitrogens with zero attached hydrogens (tertiary/aromatic N) is 2. The van der Waals surface area contributed by atoms with Gasteiger partial charge in [0.05, 0.1) is 24.8 Å². The van der Waals surface area contributed by atoms with Gasteiger partial charge in [0.15, 0.2) is 0 Å². The molecule has 0 saturated heterocycles. The van der Waals surface area contributed by atoms with Gasteiger partial charge in [0.1, 0.15) is 24.1 Å². The number of halogens is 1. The van der Waals surface area contributed by atoms with Crippen molar-refractivity contribution in [3.63, 3.8) is 0 Å². The van der Waals surface area contributed by atoms with E-state index >= 15 is 0 Å². The number of amides is 2. The predicted octanol–water partition coefficient (Wildman–Crippen LogP) is 5.58. The summed E-state index contributed by atoms with van der Waals surface area (Å²) in [6, 6.07) is 17.1. The first-order valence-electron chi connectivity index (χ1n) is 14.1. The second kappa shape index (κ2) is 15.1. The van der Waals surface area contributed by atoms with Crippen molar-refractivity contribution < 1.29 is 27.5 Å². The summed E-state index contributed by atoms with van der Waals surface area (Å²) in [4.78, 5) is 29.2. The third-order valence-corrected chi connectivity index (χ3v) is 9.18. The zero-order chi connectivity index (χ0) is 31.7. The molecule has 232 valence electrons. The van der Waals surface area contributed by atoms with Gasteiger partial charge < -0.3 is 19.7 Å². The van der Waals surface area contributed by atoms with E-state index < -0.39 is 28.5 Å². The molecule has 0 heterocycles. The largest absolute Gasteiger partial charge is 0.497 e. The van der Waals surface area contributed by atoms with Crippen molar-refractivity contribution >= 4 is 39.1 Å². The van der Waals surface area contributed by atoms with E-state index in [0.29, 0.717) is 18.6 Å². The second-order valence-electron chi connectivity index (χ2n) is 10.3. The van der Waals surface area contributed by atoms with Crippen LogP contribution in [0, 0.1) is 6.92 Å². The maximum atomic E-state index is 14.3. The van der Waals surface area contributed by atoms with Crippen LogP contribution in [-0.4, -0.2) is 58.0 Å². The lowest BCUT2D eigenvalue weighted by molar-refractivity contribution is -0.140. The van der Waals surface area contributed by atoms with Crippen molar-refractivity contribution in [2.45, 2.75) is 64.1 Å². The van der Waals surface area contributed by atoms with E-state index in [2.05, 4.69) is 5.32 Å². The quantitative estimate of drug-likeness (QED) is 0.250. The Bertz CT molecular complexity index is 1510. The zero-order valence-corrected chi connectivity index (χ0v) is 27.0. The third-order valence-electron chi connectivity index (χ3n) is 7.17. The zero-order valence-electron chi connectivity index (χ0n) is 25.5. The number of rotatable bonds is 14. The number of nitrogens with one attached hydrogen (secondary N) is 1. The van der Waals surface area contributed by atoms with Gasteiger partial charge in [-0.2, -0.15) is 0 Å². The van der Waals surface area contributed by atoms with Crippen molar-refractivity contribution in [2.24, 2.45) is 0 Å². The number of methoxy groups -OCH3 is 2. The molecule has 3 aromatic carbocycles. The highest BCUT2D eigenvalue weighted by Gasteiger charge is 2.35. The summed E-state index contributed by atoms with van der Waals surface area (Å²) in [7, 11) is -1.33. The van der Waals surface area contributed by atoms with Crippen molar-refractivity contribution in [3.05, 3.63) is 82.9 Å². The lowest BCUT2D eigenvalue weighted by atomic mass is 10.1. The summed E-state index contributed by atoms with van der Waals surface area (Å²) < 4.78 is 40.1. The number of anilines is 1. The number of ether oxygens (including phenoxy) is 2. The maximum Gasteiger partial charge on any atom is 0.264 e. The van der Waals surface area contributed by atoms with Crippen LogP contribution in [0.3, 0.4) is 0 Å². The molecule has 2 unspecified atom stereocenters. The SMILES string of the molecule is CCC(C)NC(=O)C(CC)N(Cc1cccc(OC)c1)C(=O)CN(c1cc(Cl)ccc1OC)S(=O)(=O)c1ccc(C)cc1.